The van der Waals surface area contributed by atoms with Crippen molar-refractivity contribution >= 4 is 0 Å². The van der Waals surface area contributed by atoms with Crippen LogP contribution in [0.1, 0.15) is 46.5 Å². The van der Waals surface area contributed by atoms with Crippen molar-refractivity contribution in [1.29, 1.82) is 0 Å². The van der Waals surface area contributed by atoms with Crippen molar-refractivity contribution < 1.29 is 0 Å². The number of rotatable bonds is 5. The van der Waals surface area contributed by atoms with Gasteiger partial charge in [0.2, 0.25) is 0 Å². The second-order valence-corrected chi connectivity index (χ2v) is 4.59. The molecule has 0 N–H and O–H groups in total. The van der Waals surface area contributed by atoms with Crippen LogP contribution in [0.15, 0.2) is 12.3 Å². The molecule has 0 aromatic rings. The Morgan fingerprint density at radius 2 is 1.69 bits per heavy atom. The van der Waals surface area contributed by atoms with E-state index in [-0.39, 0.29) is 0 Å². The van der Waals surface area contributed by atoms with Crippen LogP contribution in [-0.2, 0) is 0 Å². The maximum Gasteiger partial charge on any atom is 0.0248 e. The maximum atomic E-state index is 3.99. The fourth-order valence-electron chi connectivity index (χ4n) is 2.54. The van der Waals surface area contributed by atoms with Crippen LogP contribution in [0.5, 0.6) is 0 Å². The van der Waals surface area contributed by atoms with E-state index in [9.17, 15) is 0 Å². The fraction of sp³-hybridized carbons (Fsp3) is 0.833. The Morgan fingerprint density at radius 3 is 2.00 bits per heavy atom. The molecule has 0 atom stereocenters. The Labute approximate surface area is 82.8 Å². The molecule has 0 spiro atoms. The van der Waals surface area contributed by atoms with Crippen molar-refractivity contribution in [3.63, 3.8) is 0 Å². The predicted octanol–water partition coefficient (Wildman–Crippen LogP) is 3.42. The smallest absolute Gasteiger partial charge is 0.0248 e. The zero-order valence-electron chi connectivity index (χ0n) is 9.40. The highest BCUT2D eigenvalue weighted by molar-refractivity contribution is 5.03. The Hall–Kier alpha value is -0.460. The SMILES string of the molecule is C=C(C)N1CC(CCC)(CCC)C1. The van der Waals surface area contributed by atoms with Crippen molar-refractivity contribution in [1.82, 2.24) is 4.90 Å². The Balaban J connectivity index is 2.42. The lowest BCUT2D eigenvalue weighted by molar-refractivity contribution is 0.0124. The van der Waals surface area contributed by atoms with E-state index in [2.05, 4.69) is 32.3 Å². The minimum absolute atomic E-state index is 0.641. The topological polar surface area (TPSA) is 3.24 Å². The van der Waals surface area contributed by atoms with E-state index in [0.29, 0.717) is 5.41 Å². The van der Waals surface area contributed by atoms with E-state index in [0.717, 1.165) is 0 Å². The van der Waals surface area contributed by atoms with Crippen molar-refractivity contribution in [2.45, 2.75) is 46.5 Å². The molecule has 0 unspecified atom stereocenters. The summed E-state index contributed by atoms with van der Waals surface area (Å²) >= 11 is 0. The third-order valence-corrected chi connectivity index (χ3v) is 3.15. The summed E-state index contributed by atoms with van der Waals surface area (Å²) < 4.78 is 0. The summed E-state index contributed by atoms with van der Waals surface area (Å²) in [6.07, 6.45) is 5.43. The summed E-state index contributed by atoms with van der Waals surface area (Å²) in [7, 11) is 0. The molecule has 1 rings (SSSR count). The Bertz CT molecular complexity index is 170. The first-order valence-electron chi connectivity index (χ1n) is 5.54. The average molecular weight is 181 g/mol. The van der Waals surface area contributed by atoms with Gasteiger partial charge in [0.25, 0.3) is 0 Å². The van der Waals surface area contributed by atoms with Gasteiger partial charge in [-0.05, 0) is 19.8 Å². The molecule has 0 amide bonds. The zero-order chi connectivity index (χ0) is 9.90. The molecule has 1 heteroatoms. The molecule has 13 heavy (non-hydrogen) atoms. The minimum atomic E-state index is 0.641. The largest absolute Gasteiger partial charge is 0.374 e. The molecule has 1 aliphatic rings. The lowest BCUT2D eigenvalue weighted by Gasteiger charge is -2.52. The lowest BCUT2D eigenvalue weighted by Crippen LogP contribution is -2.54. The quantitative estimate of drug-likeness (QED) is 0.628. The van der Waals surface area contributed by atoms with E-state index in [1.54, 1.807) is 0 Å². The van der Waals surface area contributed by atoms with Crippen LogP contribution in [0.3, 0.4) is 0 Å². The molecule has 1 heterocycles. The van der Waals surface area contributed by atoms with Gasteiger partial charge in [-0.1, -0.05) is 33.3 Å². The Morgan fingerprint density at radius 1 is 1.23 bits per heavy atom. The monoisotopic (exact) mass is 181 g/mol. The van der Waals surface area contributed by atoms with Crippen LogP contribution in [0, 0.1) is 5.41 Å². The number of nitrogens with zero attached hydrogens (tertiary/aromatic N) is 1. The summed E-state index contributed by atoms with van der Waals surface area (Å²) in [5.74, 6) is 0. The minimum Gasteiger partial charge on any atom is -0.374 e. The molecule has 0 aromatic heterocycles. The molecule has 76 valence electrons. The molecular formula is C12H23N. The second-order valence-electron chi connectivity index (χ2n) is 4.59. The van der Waals surface area contributed by atoms with Crippen LogP contribution >= 0.6 is 0 Å². The molecule has 0 saturated carbocycles. The molecule has 1 aliphatic heterocycles. The fourth-order valence-corrected chi connectivity index (χ4v) is 2.54. The summed E-state index contributed by atoms with van der Waals surface area (Å²) in [4.78, 5) is 2.41. The lowest BCUT2D eigenvalue weighted by atomic mass is 9.72. The van der Waals surface area contributed by atoms with Crippen LogP contribution in [0.25, 0.3) is 0 Å². The van der Waals surface area contributed by atoms with Crippen molar-refractivity contribution in [2.24, 2.45) is 5.41 Å². The third-order valence-electron chi connectivity index (χ3n) is 3.15. The van der Waals surface area contributed by atoms with Crippen LogP contribution in [-0.4, -0.2) is 18.0 Å². The summed E-state index contributed by atoms with van der Waals surface area (Å²) in [5.41, 5.74) is 1.88. The number of hydrogen-bond donors (Lipinski definition) is 0. The molecule has 0 aliphatic carbocycles. The van der Waals surface area contributed by atoms with Crippen LogP contribution in [0.2, 0.25) is 0 Å². The van der Waals surface area contributed by atoms with Gasteiger partial charge in [-0.3, -0.25) is 0 Å². The summed E-state index contributed by atoms with van der Waals surface area (Å²) in [5, 5.41) is 0. The van der Waals surface area contributed by atoms with Gasteiger partial charge < -0.3 is 4.90 Å². The zero-order valence-corrected chi connectivity index (χ0v) is 9.40. The van der Waals surface area contributed by atoms with Gasteiger partial charge in [0.05, 0.1) is 0 Å². The van der Waals surface area contributed by atoms with Crippen molar-refractivity contribution in [2.75, 3.05) is 13.1 Å². The molecule has 1 saturated heterocycles. The highest BCUT2D eigenvalue weighted by atomic mass is 15.2. The molecule has 0 bridgehead atoms. The van der Waals surface area contributed by atoms with Gasteiger partial charge in [0, 0.05) is 24.2 Å². The standard InChI is InChI=1S/C12H23N/c1-5-7-12(8-6-2)9-13(10-12)11(3)4/h3,5-10H2,1-2,4H3. The first-order valence-corrected chi connectivity index (χ1v) is 5.54. The molecular weight excluding hydrogens is 158 g/mol. The van der Waals surface area contributed by atoms with Crippen molar-refractivity contribution in [3.8, 4) is 0 Å². The predicted molar refractivity (Wildman–Crippen MR) is 58.6 cm³/mol. The summed E-state index contributed by atoms with van der Waals surface area (Å²) in [6.45, 7) is 13.2. The highest BCUT2D eigenvalue weighted by Crippen LogP contribution is 2.40. The highest BCUT2D eigenvalue weighted by Gasteiger charge is 2.40. The van der Waals surface area contributed by atoms with Gasteiger partial charge in [0.1, 0.15) is 0 Å². The van der Waals surface area contributed by atoms with E-state index in [4.69, 9.17) is 0 Å². The van der Waals surface area contributed by atoms with E-state index in [1.165, 1.54) is 44.5 Å². The molecule has 1 nitrogen and oxygen atoms in total. The number of likely N-dealkylation sites (tertiary alicyclic amines) is 1. The van der Waals surface area contributed by atoms with Gasteiger partial charge in [-0.2, -0.15) is 0 Å². The first-order chi connectivity index (χ1) is 6.13. The van der Waals surface area contributed by atoms with Gasteiger partial charge in [-0.15, -0.1) is 0 Å². The van der Waals surface area contributed by atoms with E-state index < -0.39 is 0 Å². The summed E-state index contributed by atoms with van der Waals surface area (Å²) in [6, 6.07) is 0. The number of allylic oxidation sites excluding steroid dienone is 1. The van der Waals surface area contributed by atoms with Crippen LogP contribution < -0.4 is 0 Å². The molecule has 1 fully saturated rings. The molecule has 0 radical (unpaired) electrons. The normalized spacial score (nSPS) is 19.8. The van der Waals surface area contributed by atoms with Crippen molar-refractivity contribution in [3.05, 3.63) is 12.3 Å². The van der Waals surface area contributed by atoms with Crippen LogP contribution in [0.4, 0.5) is 0 Å². The average Bonchev–Trinajstić information content (AvgIpc) is 1.99. The third kappa shape index (κ3) is 2.26. The number of hydrogen-bond acceptors (Lipinski definition) is 1. The first kappa shape index (κ1) is 10.6. The van der Waals surface area contributed by atoms with E-state index in [1.807, 2.05) is 0 Å². The van der Waals surface area contributed by atoms with Gasteiger partial charge in [0.15, 0.2) is 0 Å². The van der Waals surface area contributed by atoms with E-state index >= 15 is 0 Å². The van der Waals surface area contributed by atoms with Gasteiger partial charge in [-0.25, -0.2) is 0 Å². The maximum absolute atomic E-state index is 3.99. The van der Waals surface area contributed by atoms with Gasteiger partial charge >= 0.3 is 0 Å². The Kier molecular flexibility index (Phi) is 3.40. The second kappa shape index (κ2) is 4.17. The molecule has 0 aromatic carbocycles.